The molecule has 7 heteroatoms. The van der Waals surface area contributed by atoms with E-state index in [1.807, 2.05) is 6.92 Å². The van der Waals surface area contributed by atoms with Crippen molar-refractivity contribution in [2.24, 2.45) is 0 Å². The SMILES string of the molecule is CCN(c1cc(C(=O)O)c(F)cc1[N+](=O)[O-])C1CC1. The van der Waals surface area contributed by atoms with Gasteiger partial charge in [-0.05, 0) is 25.8 Å². The lowest BCUT2D eigenvalue weighted by Gasteiger charge is -2.22. The van der Waals surface area contributed by atoms with Crippen molar-refractivity contribution in [3.8, 4) is 0 Å². The number of halogens is 1. The number of carbonyl (C=O) groups is 1. The molecule has 0 atom stereocenters. The summed E-state index contributed by atoms with van der Waals surface area (Å²) in [6.45, 7) is 2.34. The van der Waals surface area contributed by atoms with E-state index >= 15 is 0 Å². The topological polar surface area (TPSA) is 83.7 Å². The van der Waals surface area contributed by atoms with Gasteiger partial charge in [0.15, 0.2) is 0 Å². The van der Waals surface area contributed by atoms with Gasteiger partial charge in [0.05, 0.1) is 16.6 Å². The fourth-order valence-electron chi connectivity index (χ4n) is 2.10. The third-order valence-corrected chi connectivity index (χ3v) is 3.13. The van der Waals surface area contributed by atoms with E-state index < -0.39 is 28.0 Å². The van der Waals surface area contributed by atoms with Crippen molar-refractivity contribution >= 4 is 17.3 Å². The van der Waals surface area contributed by atoms with Gasteiger partial charge in [0, 0.05) is 12.6 Å². The van der Waals surface area contributed by atoms with Gasteiger partial charge in [-0.2, -0.15) is 0 Å². The van der Waals surface area contributed by atoms with Gasteiger partial charge < -0.3 is 10.0 Å². The van der Waals surface area contributed by atoms with Gasteiger partial charge in [-0.15, -0.1) is 0 Å². The van der Waals surface area contributed by atoms with E-state index in [9.17, 15) is 19.3 Å². The Morgan fingerprint density at radius 2 is 2.21 bits per heavy atom. The standard InChI is InChI=1S/C12H13FN2O4/c1-2-14(7-3-4-7)10-5-8(12(16)17)9(13)6-11(10)15(18)19/h5-7H,2-4H2,1H3,(H,16,17). The summed E-state index contributed by atoms with van der Waals surface area (Å²) in [5, 5.41) is 19.9. The molecule has 0 radical (unpaired) electrons. The summed E-state index contributed by atoms with van der Waals surface area (Å²) in [7, 11) is 0. The highest BCUT2D eigenvalue weighted by atomic mass is 19.1. The number of hydrogen-bond acceptors (Lipinski definition) is 4. The second-order valence-electron chi connectivity index (χ2n) is 4.40. The molecule has 1 aliphatic carbocycles. The number of nitro groups is 1. The van der Waals surface area contributed by atoms with Crippen molar-refractivity contribution in [1.82, 2.24) is 0 Å². The van der Waals surface area contributed by atoms with Crippen LogP contribution in [0.1, 0.15) is 30.1 Å². The molecule has 1 aliphatic rings. The minimum atomic E-state index is -1.43. The Balaban J connectivity index is 2.57. The number of benzene rings is 1. The Morgan fingerprint density at radius 3 is 2.63 bits per heavy atom. The van der Waals surface area contributed by atoms with Crippen LogP contribution in [0.25, 0.3) is 0 Å². The fraction of sp³-hybridized carbons (Fsp3) is 0.417. The Hall–Kier alpha value is -2.18. The number of carboxylic acids is 1. The van der Waals surface area contributed by atoms with Crippen LogP contribution in [0.2, 0.25) is 0 Å². The Labute approximate surface area is 108 Å². The number of carboxylic acid groups (broad SMARTS) is 1. The fourth-order valence-corrected chi connectivity index (χ4v) is 2.10. The molecule has 0 unspecified atom stereocenters. The van der Waals surface area contributed by atoms with Crippen LogP contribution in [0, 0.1) is 15.9 Å². The van der Waals surface area contributed by atoms with Crippen LogP contribution in [0.5, 0.6) is 0 Å². The summed E-state index contributed by atoms with van der Waals surface area (Å²) in [5.41, 5.74) is -0.759. The second-order valence-corrected chi connectivity index (χ2v) is 4.40. The maximum atomic E-state index is 13.5. The average molecular weight is 268 g/mol. The normalized spacial score (nSPS) is 14.2. The number of nitro benzene ring substituents is 1. The first kappa shape index (κ1) is 13.3. The molecule has 102 valence electrons. The summed E-state index contributed by atoms with van der Waals surface area (Å²) in [5.74, 6) is -2.52. The molecule has 1 fully saturated rings. The van der Waals surface area contributed by atoms with E-state index in [2.05, 4.69) is 0 Å². The number of nitrogens with zero attached hydrogens (tertiary/aromatic N) is 2. The molecule has 1 aromatic rings. The highest BCUT2D eigenvalue weighted by Crippen LogP contribution is 2.38. The summed E-state index contributed by atoms with van der Waals surface area (Å²) in [4.78, 5) is 23.0. The smallest absolute Gasteiger partial charge is 0.338 e. The van der Waals surface area contributed by atoms with E-state index in [4.69, 9.17) is 5.11 Å². The number of hydrogen-bond donors (Lipinski definition) is 1. The van der Waals surface area contributed by atoms with Crippen molar-refractivity contribution in [3.05, 3.63) is 33.6 Å². The highest BCUT2D eigenvalue weighted by molar-refractivity contribution is 5.90. The van der Waals surface area contributed by atoms with Crippen LogP contribution in [0.15, 0.2) is 12.1 Å². The van der Waals surface area contributed by atoms with Crippen LogP contribution in [-0.4, -0.2) is 28.6 Å². The van der Waals surface area contributed by atoms with Crippen molar-refractivity contribution in [2.45, 2.75) is 25.8 Å². The van der Waals surface area contributed by atoms with E-state index in [-0.39, 0.29) is 11.7 Å². The number of aromatic carboxylic acids is 1. The zero-order valence-corrected chi connectivity index (χ0v) is 10.3. The molecule has 0 saturated heterocycles. The Bertz CT molecular complexity index is 543. The minimum Gasteiger partial charge on any atom is -0.478 e. The number of rotatable bonds is 5. The van der Waals surface area contributed by atoms with Gasteiger partial charge in [-0.3, -0.25) is 10.1 Å². The predicted octanol–water partition coefficient (Wildman–Crippen LogP) is 2.42. The van der Waals surface area contributed by atoms with Crippen LogP contribution in [0.4, 0.5) is 15.8 Å². The molecular formula is C12H13FN2O4. The molecular weight excluding hydrogens is 255 g/mol. The molecule has 1 aromatic carbocycles. The lowest BCUT2D eigenvalue weighted by atomic mass is 10.1. The van der Waals surface area contributed by atoms with Gasteiger partial charge in [0.1, 0.15) is 11.5 Å². The third kappa shape index (κ3) is 2.49. The lowest BCUT2D eigenvalue weighted by Crippen LogP contribution is -2.26. The first-order chi connectivity index (χ1) is 8.95. The molecule has 2 rings (SSSR count). The lowest BCUT2D eigenvalue weighted by molar-refractivity contribution is -0.384. The first-order valence-electron chi connectivity index (χ1n) is 5.93. The zero-order valence-electron chi connectivity index (χ0n) is 10.3. The molecule has 0 amide bonds. The maximum Gasteiger partial charge on any atom is 0.338 e. The molecule has 1 saturated carbocycles. The van der Waals surface area contributed by atoms with Crippen molar-refractivity contribution in [2.75, 3.05) is 11.4 Å². The van der Waals surface area contributed by atoms with Crippen LogP contribution in [-0.2, 0) is 0 Å². The first-order valence-corrected chi connectivity index (χ1v) is 5.93. The Morgan fingerprint density at radius 1 is 1.58 bits per heavy atom. The third-order valence-electron chi connectivity index (χ3n) is 3.13. The van der Waals surface area contributed by atoms with E-state index in [0.29, 0.717) is 12.6 Å². The molecule has 6 nitrogen and oxygen atoms in total. The Kier molecular flexibility index (Phi) is 3.37. The molecule has 19 heavy (non-hydrogen) atoms. The zero-order chi connectivity index (χ0) is 14.2. The second kappa shape index (κ2) is 4.83. The summed E-state index contributed by atoms with van der Waals surface area (Å²) in [6.07, 6.45) is 1.82. The average Bonchev–Trinajstić information content (AvgIpc) is 3.15. The van der Waals surface area contributed by atoms with E-state index in [0.717, 1.165) is 18.9 Å². The van der Waals surface area contributed by atoms with Gasteiger partial charge in [0.25, 0.3) is 5.69 Å². The van der Waals surface area contributed by atoms with Crippen LogP contribution < -0.4 is 4.90 Å². The quantitative estimate of drug-likeness (QED) is 0.655. The largest absolute Gasteiger partial charge is 0.478 e. The van der Waals surface area contributed by atoms with Crippen molar-refractivity contribution in [3.63, 3.8) is 0 Å². The van der Waals surface area contributed by atoms with Gasteiger partial charge in [-0.1, -0.05) is 0 Å². The molecule has 1 N–H and O–H groups in total. The summed E-state index contributed by atoms with van der Waals surface area (Å²) >= 11 is 0. The minimum absolute atomic E-state index is 0.175. The molecule has 0 bridgehead atoms. The predicted molar refractivity (Wildman–Crippen MR) is 66.1 cm³/mol. The molecule has 0 aromatic heterocycles. The van der Waals surface area contributed by atoms with Gasteiger partial charge in [0.2, 0.25) is 0 Å². The monoisotopic (exact) mass is 268 g/mol. The highest BCUT2D eigenvalue weighted by Gasteiger charge is 2.33. The summed E-state index contributed by atoms with van der Waals surface area (Å²) in [6, 6.07) is 1.91. The van der Waals surface area contributed by atoms with Crippen LogP contribution in [0.3, 0.4) is 0 Å². The summed E-state index contributed by atoms with van der Waals surface area (Å²) < 4.78 is 13.5. The van der Waals surface area contributed by atoms with Crippen molar-refractivity contribution in [1.29, 1.82) is 0 Å². The van der Waals surface area contributed by atoms with Gasteiger partial charge >= 0.3 is 5.97 Å². The van der Waals surface area contributed by atoms with Crippen molar-refractivity contribution < 1.29 is 19.2 Å². The number of anilines is 1. The van der Waals surface area contributed by atoms with E-state index in [1.165, 1.54) is 0 Å². The molecule has 0 spiro atoms. The molecule has 0 aliphatic heterocycles. The van der Waals surface area contributed by atoms with Crippen LogP contribution >= 0.6 is 0 Å². The molecule has 0 heterocycles. The van der Waals surface area contributed by atoms with Gasteiger partial charge in [-0.25, -0.2) is 9.18 Å². The van der Waals surface area contributed by atoms with E-state index in [1.54, 1.807) is 4.90 Å². The maximum absolute atomic E-state index is 13.5.